The SMILES string of the molecule is CC(C)c1ccc(OCC(=O)O[C@H](C)C(=O)NC2(C#N)CCCCC2)cc1. The quantitative estimate of drug-likeness (QED) is 0.741. The van der Waals surface area contributed by atoms with Crippen LogP contribution in [0.4, 0.5) is 0 Å². The lowest BCUT2D eigenvalue weighted by molar-refractivity contribution is -0.157. The monoisotopic (exact) mass is 372 g/mol. The maximum absolute atomic E-state index is 12.3. The highest BCUT2D eigenvalue weighted by molar-refractivity contribution is 5.84. The van der Waals surface area contributed by atoms with Crippen LogP contribution >= 0.6 is 0 Å². The Hall–Kier alpha value is -2.55. The Balaban J connectivity index is 1.80. The number of benzene rings is 1. The summed E-state index contributed by atoms with van der Waals surface area (Å²) in [7, 11) is 0. The van der Waals surface area contributed by atoms with Crippen molar-refractivity contribution in [3.05, 3.63) is 29.8 Å². The second-order valence-corrected chi connectivity index (χ2v) is 7.39. The summed E-state index contributed by atoms with van der Waals surface area (Å²) in [5.74, 6) is -0.0864. The number of nitrogens with zero attached hydrogens (tertiary/aromatic N) is 1. The molecule has 1 amide bonds. The van der Waals surface area contributed by atoms with E-state index in [1.807, 2.05) is 12.1 Å². The van der Waals surface area contributed by atoms with Crippen LogP contribution in [-0.4, -0.2) is 30.1 Å². The topological polar surface area (TPSA) is 88.4 Å². The summed E-state index contributed by atoms with van der Waals surface area (Å²) in [5.41, 5.74) is 0.342. The van der Waals surface area contributed by atoms with Gasteiger partial charge in [0, 0.05) is 0 Å². The number of carbonyl (C=O) groups is 2. The molecule has 0 unspecified atom stereocenters. The van der Waals surface area contributed by atoms with Crippen LogP contribution < -0.4 is 10.1 Å². The van der Waals surface area contributed by atoms with Crippen LogP contribution in [0.1, 0.15) is 64.4 Å². The Kier molecular flexibility index (Phi) is 7.23. The van der Waals surface area contributed by atoms with Gasteiger partial charge in [0.05, 0.1) is 6.07 Å². The van der Waals surface area contributed by atoms with Gasteiger partial charge in [-0.2, -0.15) is 5.26 Å². The van der Waals surface area contributed by atoms with Crippen LogP contribution in [0.3, 0.4) is 0 Å². The normalized spacial score (nSPS) is 16.9. The Labute approximate surface area is 160 Å². The third-order valence-corrected chi connectivity index (χ3v) is 4.86. The van der Waals surface area contributed by atoms with E-state index in [4.69, 9.17) is 9.47 Å². The van der Waals surface area contributed by atoms with Crippen LogP contribution in [0.2, 0.25) is 0 Å². The van der Waals surface area contributed by atoms with Crippen molar-refractivity contribution in [1.29, 1.82) is 5.26 Å². The summed E-state index contributed by atoms with van der Waals surface area (Å²) in [6, 6.07) is 9.73. The van der Waals surface area contributed by atoms with Crippen molar-refractivity contribution in [3.63, 3.8) is 0 Å². The van der Waals surface area contributed by atoms with Crippen molar-refractivity contribution in [1.82, 2.24) is 5.32 Å². The highest BCUT2D eigenvalue weighted by Gasteiger charge is 2.35. The molecule has 0 radical (unpaired) electrons. The highest BCUT2D eigenvalue weighted by Crippen LogP contribution is 2.27. The van der Waals surface area contributed by atoms with Gasteiger partial charge in [-0.3, -0.25) is 4.79 Å². The molecule has 0 aromatic heterocycles. The van der Waals surface area contributed by atoms with E-state index in [1.165, 1.54) is 12.5 Å². The molecule has 0 spiro atoms. The highest BCUT2D eigenvalue weighted by atomic mass is 16.6. The molecule has 1 fully saturated rings. The predicted molar refractivity (Wildman–Crippen MR) is 101 cm³/mol. The van der Waals surface area contributed by atoms with Crippen molar-refractivity contribution in [2.45, 2.75) is 70.4 Å². The van der Waals surface area contributed by atoms with Gasteiger partial charge in [-0.15, -0.1) is 0 Å². The zero-order chi connectivity index (χ0) is 19.9. The first kappa shape index (κ1) is 20.8. The van der Waals surface area contributed by atoms with E-state index < -0.39 is 23.5 Å². The van der Waals surface area contributed by atoms with E-state index in [-0.39, 0.29) is 6.61 Å². The van der Waals surface area contributed by atoms with Crippen LogP contribution in [0.25, 0.3) is 0 Å². The number of rotatable bonds is 7. The van der Waals surface area contributed by atoms with E-state index >= 15 is 0 Å². The van der Waals surface area contributed by atoms with E-state index in [0.717, 1.165) is 19.3 Å². The van der Waals surface area contributed by atoms with Crippen molar-refractivity contribution in [2.75, 3.05) is 6.61 Å². The molecule has 0 saturated heterocycles. The minimum atomic E-state index is -0.975. The van der Waals surface area contributed by atoms with Gasteiger partial charge in [-0.1, -0.05) is 45.2 Å². The average molecular weight is 372 g/mol. The largest absolute Gasteiger partial charge is 0.482 e. The lowest BCUT2D eigenvalue weighted by atomic mass is 9.83. The maximum Gasteiger partial charge on any atom is 0.344 e. The van der Waals surface area contributed by atoms with Gasteiger partial charge < -0.3 is 14.8 Å². The first-order valence-corrected chi connectivity index (χ1v) is 9.51. The summed E-state index contributed by atoms with van der Waals surface area (Å²) in [6.07, 6.45) is 3.17. The van der Waals surface area contributed by atoms with Gasteiger partial charge in [0.1, 0.15) is 11.3 Å². The molecule has 0 aliphatic heterocycles. The molecule has 1 saturated carbocycles. The molecule has 6 nitrogen and oxygen atoms in total. The molecule has 0 bridgehead atoms. The van der Waals surface area contributed by atoms with Crippen LogP contribution in [0.5, 0.6) is 5.75 Å². The van der Waals surface area contributed by atoms with Gasteiger partial charge in [-0.05, 0) is 43.4 Å². The van der Waals surface area contributed by atoms with Crippen molar-refractivity contribution >= 4 is 11.9 Å². The molecule has 1 aromatic rings. The summed E-state index contributed by atoms with van der Waals surface area (Å²) in [6.45, 7) is 5.42. The third kappa shape index (κ3) is 5.99. The Bertz CT molecular complexity index is 685. The minimum Gasteiger partial charge on any atom is -0.482 e. The van der Waals surface area contributed by atoms with Gasteiger partial charge in [0.15, 0.2) is 12.7 Å². The number of ether oxygens (including phenoxy) is 2. The van der Waals surface area contributed by atoms with Crippen LogP contribution in [-0.2, 0) is 14.3 Å². The molecule has 6 heteroatoms. The number of amides is 1. The molecule has 2 rings (SSSR count). The number of hydrogen-bond donors (Lipinski definition) is 1. The van der Waals surface area contributed by atoms with Gasteiger partial charge >= 0.3 is 5.97 Å². The number of nitriles is 1. The van der Waals surface area contributed by atoms with Gasteiger partial charge in [0.25, 0.3) is 5.91 Å². The first-order chi connectivity index (χ1) is 12.8. The first-order valence-electron chi connectivity index (χ1n) is 9.51. The Morgan fingerprint density at radius 3 is 2.33 bits per heavy atom. The second-order valence-electron chi connectivity index (χ2n) is 7.39. The molecule has 1 atom stereocenters. The predicted octanol–water partition coefficient (Wildman–Crippen LogP) is 3.46. The smallest absolute Gasteiger partial charge is 0.344 e. The zero-order valence-electron chi connectivity index (χ0n) is 16.3. The molecule has 1 N–H and O–H groups in total. The Morgan fingerprint density at radius 1 is 1.15 bits per heavy atom. The molecule has 1 aliphatic rings. The summed E-state index contributed by atoms with van der Waals surface area (Å²) >= 11 is 0. The number of carbonyl (C=O) groups excluding carboxylic acids is 2. The average Bonchev–Trinajstić information content (AvgIpc) is 2.67. The van der Waals surface area contributed by atoms with Crippen LogP contribution in [0.15, 0.2) is 24.3 Å². The number of hydrogen-bond acceptors (Lipinski definition) is 5. The van der Waals surface area contributed by atoms with E-state index in [2.05, 4.69) is 25.2 Å². The summed E-state index contributed by atoms with van der Waals surface area (Å²) in [4.78, 5) is 24.3. The molecular weight excluding hydrogens is 344 g/mol. The Morgan fingerprint density at radius 2 is 1.78 bits per heavy atom. The molecular formula is C21H28N2O4. The van der Waals surface area contributed by atoms with Gasteiger partial charge in [-0.25, -0.2) is 4.79 Å². The maximum atomic E-state index is 12.3. The standard InChI is InChI=1S/C21H28N2O4/c1-15(2)17-7-9-18(10-8-17)26-13-19(24)27-16(3)20(25)23-21(14-22)11-5-4-6-12-21/h7-10,15-16H,4-6,11-13H2,1-3H3,(H,23,25)/t16-/m1/s1. The van der Waals surface area contributed by atoms with Crippen molar-refractivity contribution < 1.29 is 19.1 Å². The number of esters is 1. The fourth-order valence-corrected chi connectivity index (χ4v) is 3.13. The fraction of sp³-hybridized carbons (Fsp3) is 0.571. The fourth-order valence-electron chi connectivity index (χ4n) is 3.13. The molecule has 1 aromatic carbocycles. The van der Waals surface area contributed by atoms with E-state index in [1.54, 1.807) is 12.1 Å². The molecule has 1 aliphatic carbocycles. The van der Waals surface area contributed by atoms with E-state index in [0.29, 0.717) is 24.5 Å². The second kappa shape index (κ2) is 9.40. The van der Waals surface area contributed by atoms with Gasteiger partial charge in [0.2, 0.25) is 0 Å². The summed E-state index contributed by atoms with van der Waals surface area (Å²) in [5, 5.41) is 12.2. The van der Waals surface area contributed by atoms with Crippen molar-refractivity contribution in [3.8, 4) is 11.8 Å². The summed E-state index contributed by atoms with van der Waals surface area (Å²) < 4.78 is 10.6. The van der Waals surface area contributed by atoms with Crippen molar-refractivity contribution in [2.24, 2.45) is 0 Å². The lowest BCUT2D eigenvalue weighted by Crippen LogP contribution is -2.52. The lowest BCUT2D eigenvalue weighted by Gasteiger charge is -2.32. The molecule has 0 heterocycles. The zero-order valence-corrected chi connectivity index (χ0v) is 16.3. The molecule has 146 valence electrons. The third-order valence-electron chi connectivity index (χ3n) is 4.86. The van der Waals surface area contributed by atoms with Crippen LogP contribution in [0, 0.1) is 11.3 Å². The van der Waals surface area contributed by atoms with E-state index in [9.17, 15) is 14.9 Å². The minimum absolute atomic E-state index is 0.276. The number of nitrogens with one attached hydrogen (secondary N) is 1. The molecule has 27 heavy (non-hydrogen) atoms.